The summed E-state index contributed by atoms with van der Waals surface area (Å²) in [7, 11) is 0. The number of amides is 2. The Morgan fingerprint density at radius 1 is 1.18 bits per heavy atom. The lowest BCUT2D eigenvalue weighted by atomic mass is 10.1. The first-order valence-corrected chi connectivity index (χ1v) is 11.8. The lowest BCUT2D eigenvalue weighted by molar-refractivity contribution is -0.113. The van der Waals surface area contributed by atoms with Gasteiger partial charge in [0.1, 0.15) is 0 Å². The molecule has 10 heteroatoms. The molecule has 2 N–H and O–H groups in total. The smallest absolute Gasteiger partial charge is 0.253 e. The van der Waals surface area contributed by atoms with Crippen LogP contribution < -0.4 is 10.6 Å². The van der Waals surface area contributed by atoms with E-state index in [-0.39, 0.29) is 29.1 Å². The molecule has 33 heavy (non-hydrogen) atoms. The number of allylic oxidation sites excluding steroid dienone is 1. The highest BCUT2D eigenvalue weighted by atomic mass is 35.5. The van der Waals surface area contributed by atoms with E-state index in [0.717, 1.165) is 16.8 Å². The molecule has 3 aromatic rings. The lowest BCUT2D eigenvalue weighted by Crippen LogP contribution is -2.25. The summed E-state index contributed by atoms with van der Waals surface area (Å²) in [4.78, 5) is 25.0. The minimum absolute atomic E-state index is 0.133. The van der Waals surface area contributed by atoms with Gasteiger partial charge >= 0.3 is 0 Å². The Morgan fingerprint density at radius 3 is 2.70 bits per heavy atom. The van der Waals surface area contributed by atoms with Crippen LogP contribution in [0.25, 0.3) is 0 Å². The average molecular weight is 504 g/mol. The molecular weight excluding hydrogens is 481 g/mol. The molecule has 0 saturated carbocycles. The first kappa shape index (κ1) is 24.8. The van der Waals surface area contributed by atoms with E-state index < -0.39 is 0 Å². The van der Waals surface area contributed by atoms with E-state index in [1.54, 1.807) is 22.8 Å². The summed E-state index contributed by atoms with van der Waals surface area (Å²) in [6, 6.07) is 10.4. The topological polar surface area (TPSA) is 88.9 Å². The maximum absolute atomic E-state index is 12.5. The molecule has 3 rings (SSSR count). The van der Waals surface area contributed by atoms with Crippen LogP contribution in [-0.4, -0.2) is 32.3 Å². The van der Waals surface area contributed by atoms with Gasteiger partial charge in [0.05, 0.1) is 22.9 Å². The number of anilines is 1. The quantitative estimate of drug-likeness (QED) is 0.315. The summed E-state index contributed by atoms with van der Waals surface area (Å²) >= 11 is 13.3. The number of nitrogens with zero attached hydrogens (tertiary/aromatic N) is 3. The van der Waals surface area contributed by atoms with Gasteiger partial charge < -0.3 is 15.2 Å². The molecule has 0 aliphatic heterocycles. The molecule has 0 spiro atoms. The molecule has 172 valence electrons. The van der Waals surface area contributed by atoms with Crippen molar-refractivity contribution in [2.45, 2.75) is 32.1 Å². The zero-order chi connectivity index (χ0) is 24.0. The van der Waals surface area contributed by atoms with Gasteiger partial charge in [0, 0.05) is 17.3 Å². The Balaban J connectivity index is 1.64. The summed E-state index contributed by atoms with van der Waals surface area (Å²) < 4.78 is 1.80. The summed E-state index contributed by atoms with van der Waals surface area (Å²) in [5, 5.41) is 15.3. The molecule has 0 bridgehead atoms. The molecular formula is C23H23Cl2N5O2S. The van der Waals surface area contributed by atoms with Crippen molar-refractivity contribution in [2.75, 3.05) is 11.1 Å². The normalized spacial score (nSPS) is 10.7. The molecule has 0 atom stereocenters. The fourth-order valence-electron chi connectivity index (χ4n) is 3.00. The van der Waals surface area contributed by atoms with Crippen molar-refractivity contribution in [3.05, 3.63) is 81.6 Å². The number of nitrogens with one attached hydrogen (secondary N) is 2. The Bertz CT molecular complexity index is 1200. The number of carbonyl (C=O) groups excluding carboxylic acids is 2. The van der Waals surface area contributed by atoms with Crippen LogP contribution in [0.2, 0.25) is 10.0 Å². The Morgan fingerprint density at radius 2 is 1.97 bits per heavy atom. The van der Waals surface area contributed by atoms with Crippen molar-refractivity contribution in [1.82, 2.24) is 20.1 Å². The Labute approximate surface area is 206 Å². The number of aromatic nitrogens is 3. The second-order valence-corrected chi connectivity index (χ2v) is 8.98. The molecule has 1 heterocycles. The van der Waals surface area contributed by atoms with Crippen LogP contribution in [0, 0.1) is 13.8 Å². The molecule has 0 fully saturated rings. The maximum atomic E-state index is 12.5. The van der Waals surface area contributed by atoms with Crippen LogP contribution in [0.1, 0.15) is 27.3 Å². The van der Waals surface area contributed by atoms with E-state index in [2.05, 4.69) is 27.4 Å². The molecule has 0 saturated heterocycles. The highest BCUT2D eigenvalue weighted by Crippen LogP contribution is 2.22. The SMILES string of the molecule is C=CCn1c(CNC(=O)c2ccc(Cl)cc2Cl)nnc1SCC(=O)Nc1cccc(C)c1C. The number of thioether (sulfide) groups is 1. The minimum Gasteiger partial charge on any atom is -0.345 e. The Kier molecular flexibility index (Phi) is 8.55. The number of hydrogen-bond acceptors (Lipinski definition) is 5. The van der Waals surface area contributed by atoms with Crippen molar-refractivity contribution in [3.8, 4) is 0 Å². The first-order chi connectivity index (χ1) is 15.8. The molecule has 0 radical (unpaired) electrons. The number of rotatable bonds is 9. The standard InChI is InChI=1S/C23H23Cl2N5O2S/c1-4-10-30-20(12-26-22(32)17-9-8-16(24)11-18(17)25)28-29-23(30)33-13-21(31)27-19-7-5-6-14(2)15(19)3/h4-9,11H,1,10,12-13H2,2-3H3,(H,26,32)(H,27,31). The second-order valence-electron chi connectivity index (χ2n) is 7.19. The van der Waals surface area contributed by atoms with Crippen LogP contribution in [-0.2, 0) is 17.9 Å². The van der Waals surface area contributed by atoms with E-state index in [4.69, 9.17) is 23.2 Å². The van der Waals surface area contributed by atoms with Gasteiger partial charge in [-0.1, -0.05) is 53.2 Å². The van der Waals surface area contributed by atoms with Crippen molar-refractivity contribution in [2.24, 2.45) is 0 Å². The van der Waals surface area contributed by atoms with Gasteiger partial charge in [-0.2, -0.15) is 0 Å². The first-order valence-electron chi connectivity index (χ1n) is 10.0. The predicted octanol–water partition coefficient (Wildman–Crippen LogP) is 5.05. The highest BCUT2D eigenvalue weighted by molar-refractivity contribution is 7.99. The van der Waals surface area contributed by atoms with Crippen LogP contribution in [0.15, 0.2) is 54.2 Å². The molecule has 2 amide bonds. The number of hydrogen-bond donors (Lipinski definition) is 2. The van der Waals surface area contributed by atoms with Gasteiger partial charge in [-0.25, -0.2) is 0 Å². The summed E-state index contributed by atoms with van der Waals surface area (Å²) in [6.07, 6.45) is 1.70. The number of benzene rings is 2. The fourth-order valence-corrected chi connectivity index (χ4v) is 4.26. The summed E-state index contributed by atoms with van der Waals surface area (Å²) in [6.45, 7) is 8.30. The minimum atomic E-state index is -0.355. The molecule has 2 aromatic carbocycles. The lowest BCUT2D eigenvalue weighted by Gasteiger charge is -2.11. The zero-order valence-electron chi connectivity index (χ0n) is 18.2. The molecule has 1 aromatic heterocycles. The van der Waals surface area contributed by atoms with E-state index in [9.17, 15) is 9.59 Å². The largest absolute Gasteiger partial charge is 0.345 e. The molecule has 0 aliphatic rings. The van der Waals surface area contributed by atoms with Crippen molar-refractivity contribution in [3.63, 3.8) is 0 Å². The van der Waals surface area contributed by atoms with Gasteiger partial charge in [-0.05, 0) is 49.2 Å². The number of aryl methyl sites for hydroxylation is 1. The van der Waals surface area contributed by atoms with Crippen LogP contribution in [0.3, 0.4) is 0 Å². The Hall–Kier alpha value is -2.81. The number of halogens is 2. The third-order valence-electron chi connectivity index (χ3n) is 4.90. The van der Waals surface area contributed by atoms with Gasteiger partial charge in [-0.3, -0.25) is 9.59 Å². The van der Waals surface area contributed by atoms with Gasteiger partial charge in [0.15, 0.2) is 11.0 Å². The summed E-state index contributed by atoms with van der Waals surface area (Å²) in [5.74, 6) is 0.196. The van der Waals surface area contributed by atoms with E-state index in [1.807, 2.05) is 32.0 Å². The van der Waals surface area contributed by atoms with E-state index >= 15 is 0 Å². The van der Waals surface area contributed by atoms with Crippen LogP contribution >= 0.6 is 35.0 Å². The predicted molar refractivity (Wildman–Crippen MR) is 133 cm³/mol. The van der Waals surface area contributed by atoms with Crippen molar-refractivity contribution >= 4 is 52.5 Å². The average Bonchev–Trinajstić information content (AvgIpc) is 3.15. The third-order valence-corrected chi connectivity index (χ3v) is 6.41. The van der Waals surface area contributed by atoms with Gasteiger partial charge in [0.25, 0.3) is 5.91 Å². The third kappa shape index (κ3) is 6.37. The highest BCUT2D eigenvalue weighted by Gasteiger charge is 2.16. The maximum Gasteiger partial charge on any atom is 0.253 e. The van der Waals surface area contributed by atoms with Crippen LogP contribution in [0.4, 0.5) is 5.69 Å². The second kappa shape index (κ2) is 11.4. The van der Waals surface area contributed by atoms with E-state index in [0.29, 0.717) is 28.1 Å². The van der Waals surface area contributed by atoms with Crippen LogP contribution in [0.5, 0.6) is 0 Å². The summed E-state index contributed by atoms with van der Waals surface area (Å²) in [5.41, 5.74) is 3.24. The number of carbonyl (C=O) groups is 2. The molecule has 0 aliphatic carbocycles. The van der Waals surface area contributed by atoms with Crippen molar-refractivity contribution in [1.29, 1.82) is 0 Å². The van der Waals surface area contributed by atoms with E-state index in [1.165, 1.54) is 17.8 Å². The zero-order valence-corrected chi connectivity index (χ0v) is 20.5. The van der Waals surface area contributed by atoms with Gasteiger partial charge in [-0.15, -0.1) is 16.8 Å². The fraction of sp³-hybridized carbons (Fsp3) is 0.217. The van der Waals surface area contributed by atoms with Gasteiger partial charge in [0.2, 0.25) is 5.91 Å². The molecule has 7 nitrogen and oxygen atoms in total. The monoisotopic (exact) mass is 503 g/mol. The van der Waals surface area contributed by atoms with Crippen molar-refractivity contribution < 1.29 is 9.59 Å². The molecule has 0 unspecified atom stereocenters.